The smallest absolute Gasteiger partial charge is 0.390 e. The zero-order valence-corrected chi connectivity index (χ0v) is 10.8. The van der Waals surface area contributed by atoms with Crippen molar-refractivity contribution in [2.24, 2.45) is 0 Å². The summed E-state index contributed by atoms with van der Waals surface area (Å²) in [5.74, 6) is -10.1. The van der Waals surface area contributed by atoms with Gasteiger partial charge in [0.05, 0.1) is 0 Å². The van der Waals surface area contributed by atoms with Crippen LogP contribution < -0.4 is 0 Å². The molecule has 0 spiro atoms. The van der Waals surface area contributed by atoms with Crippen LogP contribution >= 0.6 is 0 Å². The van der Waals surface area contributed by atoms with Gasteiger partial charge in [-0.05, 0) is 12.8 Å². The normalized spacial score (nSPS) is 12.0. The molecule has 0 bridgehead atoms. The van der Waals surface area contributed by atoms with E-state index in [-0.39, 0.29) is 12.5 Å². The highest BCUT2D eigenvalue weighted by Crippen LogP contribution is 2.24. The summed E-state index contributed by atoms with van der Waals surface area (Å²) >= 11 is 0. The molecule has 9 heteroatoms. The first-order valence-electron chi connectivity index (χ1n) is 5.21. The summed E-state index contributed by atoms with van der Waals surface area (Å²) in [6, 6.07) is -0.316. The molecule has 0 saturated heterocycles. The molecule has 0 aliphatic heterocycles. The maximum absolute atomic E-state index is 13.2. The Morgan fingerprint density at radius 1 is 0.895 bits per heavy atom. The fourth-order valence-electron chi connectivity index (χ4n) is 1.47. The molecule has 0 atom stereocenters. The van der Waals surface area contributed by atoms with Gasteiger partial charge in [-0.25, -0.2) is 22.0 Å². The fraction of sp³-hybridized carbons (Fsp3) is 0.400. The van der Waals surface area contributed by atoms with Gasteiger partial charge in [-0.3, -0.25) is 0 Å². The lowest BCUT2D eigenvalue weighted by atomic mass is 10.1. The third kappa shape index (κ3) is 3.50. The monoisotopic (exact) mass is 302 g/mol. The van der Waals surface area contributed by atoms with Crippen LogP contribution in [-0.4, -0.2) is 25.5 Å². The number of hydrogen-bond acceptors (Lipinski definition) is 3. The number of halogens is 5. The van der Waals surface area contributed by atoms with E-state index in [0.717, 1.165) is 7.11 Å². The van der Waals surface area contributed by atoms with Crippen LogP contribution in [-0.2, 0) is 10.8 Å². The number of hydrogen-bond donors (Lipinski definition) is 2. The lowest BCUT2D eigenvalue weighted by Crippen LogP contribution is -2.37. The Kier molecular flexibility index (Phi) is 5.02. The molecule has 1 rings (SSSR count). The van der Waals surface area contributed by atoms with E-state index in [1.165, 1.54) is 0 Å². The topological polar surface area (TPSA) is 49.7 Å². The molecule has 1 aromatic rings. The highest BCUT2D eigenvalue weighted by atomic mass is 28.4. The quantitative estimate of drug-likeness (QED) is 0.378. The van der Waals surface area contributed by atoms with E-state index in [1.54, 1.807) is 0 Å². The highest BCUT2D eigenvalue weighted by Gasteiger charge is 2.31. The molecule has 3 nitrogen and oxygen atoms in total. The average Bonchev–Trinajstić information content (AvgIpc) is 2.38. The maximum atomic E-state index is 13.2. The zero-order chi connectivity index (χ0) is 14.8. The summed E-state index contributed by atoms with van der Waals surface area (Å²) in [6.07, 6.45) is -0.712. The second-order valence-electron chi connectivity index (χ2n) is 3.85. The van der Waals surface area contributed by atoms with Gasteiger partial charge in [0, 0.05) is 18.7 Å². The molecule has 2 N–H and O–H groups in total. The Balaban J connectivity index is 2.91. The summed E-state index contributed by atoms with van der Waals surface area (Å²) in [5.41, 5.74) is -0.975. The summed E-state index contributed by atoms with van der Waals surface area (Å²) in [4.78, 5) is 18.3. The van der Waals surface area contributed by atoms with Gasteiger partial charge in [0.1, 0.15) is 0 Å². The molecule has 108 valence electrons. The Morgan fingerprint density at radius 2 is 1.32 bits per heavy atom. The first-order valence-corrected chi connectivity index (χ1v) is 7.22. The Hall–Kier alpha value is -1.03. The summed E-state index contributed by atoms with van der Waals surface area (Å²) < 4.78 is 69.3. The van der Waals surface area contributed by atoms with Gasteiger partial charge in [-0.15, -0.1) is 0 Å². The second kappa shape index (κ2) is 5.95. The Morgan fingerprint density at radius 3 is 1.74 bits per heavy atom. The SMILES string of the molecule is CO[Si](O)(O)CCCc1c(F)c(F)c(F)c(F)c1F. The third-order valence-corrected chi connectivity index (χ3v) is 4.22. The lowest BCUT2D eigenvalue weighted by Gasteiger charge is -2.14. The average molecular weight is 302 g/mol. The molecule has 0 fully saturated rings. The van der Waals surface area contributed by atoms with Crippen LogP contribution in [0.15, 0.2) is 0 Å². The molecule has 1 aromatic carbocycles. The van der Waals surface area contributed by atoms with Crippen molar-refractivity contribution in [2.75, 3.05) is 7.11 Å². The first-order chi connectivity index (χ1) is 8.71. The minimum absolute atomic E-state index is 0.189. The van der Waals surface area contributed by atoms with E-state index in [2.05, 4.69) is 4.43 Å². The lowest BCUT2D eigenvalue weighted by molar-refractivity contribution is 0.183. The highest BCUT2D eigenvalue weighted by molar-refractivity contribution is 6.57. The van der Waals surface area contributed by atoms with E-state index < -0.39 is 49.9 Å². The maximum Gasteiger partial charge on any atom is 0.495 e. The molecule has 0 radical (unpaired) electrons. The van der Waals surface area contributed by atoms with Crippen molar-refractivity contribution in [3.05, 3.63) is 34.6 Å². The van der Waals surface area contributed by atoms with Crippen molar-refractivity contribution in [1.82, 2.24) is 0 Å². The standard InChI is InChI=1S/C10H11F5O3Si/c1-18-19(16,17)4-2-3-5-6(11)8(13)10(15)9(14)7(5)12/h16-17H,2-4H2,1H3. The summed E-state index contributed by atoms with van der Waals surface area (Å²) in [7, 11) is -2.86. The molecular weight excluding hydrogens is 291 g/mol. The number of rotatable bonds is 5. The van der Waals surface area contributed by atoms with E-state index in [9.17, 15) is 22.0 Å². The van der Waals surface area contributed by atoms with Crippen molar-refractivity contribution in [3.63, 3.8) is 0 Å². The van der Waals surface area contributed by atoms with Gasteiger partial charge in [0.15, 0.2) is 23.3 Å². The van der Waals surface area contributed by atoms with Gasteiger partial charge in [-0.2, -0.15) is 0 Å². The molecule has 0 heterocycles. The largest absolute Gasteiger partial charge is 0.495 e. The predicted octanol–water partition coefficient (Wildman–Crippen LogP) is 1.88. The van der Waals surface area contributed by atoms with E-state index >= 15 is 0 Å². The van der Waals surface area contributed by atoms with Crippen LogP contribution in [0.25, 0.3) is 0 Å². The molecule has 0 amide bonds. The minimum atomic E-state index is -3.91. The Bertz CT molecular complexity index is 452. The van der Waals surface area contributed by atoms with Crippen molar-refractivity contribution in [2.45, 2.75) is 18.9 Å². The molecule has 0 unspecified atom stereocenters. The fourth-order valence-corrected chi connectivity index (χ4v) is 2.31. The van der Waals surface area contributed by atoms with Crippen LogP contribution in [0, 0.1) is 29.1 Å². The van der Waals surface area contributed by atoms with Crippen LogP contribution in [0.1, 0.15) is 12.0 Å². The van der Waals surface area contributed by atoms with Crippen molar-refractivity contribution in [1.29, 1.82) is 0 Å². The van der Waals surface area contributed by atoms with Crippen molar-refractivity contribution >= 4 is 8.80 Å². The molecular formula is C10H11F5O3Si. The zero-order valence-electron chi connectivity index (χ0n) is 9.81. The van der Waals surface area contributed by atoms with Gasteiger partial charge in [0.2, 0.25) is 5.82 Å². The summed E-state index contributed by atoms with van der Waals surface area (Å²) in [5, 5.41) is 0. The van der Waals surface area contributed by atoms with Crippen LogP contribution in [0.2, 0.25) is 6.04 Å². The third-order valence-electron chi connectivity index (χ3n) is 2.56. The van der Waals surface area contributed by atoms with Crippen molar-refractivity contribution < 1.29 is 36.0 Å². The molecule has 0 saturated carbocycles. The summed E-state index contributed by atoms with van der Waals surface area (Å²) in [6.45, 7) is 0. The van der Waals surface area contributed by atoms with Crippen LogP contribution in [0.3, 0.4) is 0 Å². The van der Waals surface area contributed by atoms with Crippen molar-refractivity contribution in [3.8, 4) is 0 Å². The molecule has 0 aliphatic rings. The van der Waals surface area contributed by atoms with Gasteiger partial charge in [-0.1, -0.05) is 0 Å². The molecule has 19 heavy (non-hydrogen) atoms. The Labute approximate surface area is 106 Å². The molecule has 0 aliphatic carbocycles. The van der Waals surface area contributed by atoms with Crippen LogP contribution in [0.5, 0.6) is 0 Å². The molecule has 0 aromatic heterocycles. The van der Waals surface area contributed by atoms with Gasteiger partial charge in [0.25, 0.3) is 0 Å². The van der Waals surface area contributed by atoms with E-state index in [1.807, 2.05) is 0 Å². The first kappa shape index (κ1) is 16.0. The van der Waals surface area contributed by atoms with E-state index in [0.29, 0.717) is 0 Å². The predicted molar refractivity (Wildman–Crippen MR) is 56.6 cm³/mol. The minimum Gasteiger partial charge on any atom is -0.390 e. The second-order valence-corrected chi connectivity index (χ2v) is 6.24. The van der Waals surface area contributed by atoms with Crippen LogP contribution in [0.4, 0.5) is 22.0 Å². The van der Waals surface area contributed by atoms with Gasteiger partial charge >= 0.3 is 8.80 Å². The van der Waals surface area contributed by atoms with Gasteiger partial charge < -0.3 is 14.0 Å². The van der Waals surface area contributed by atoms with E-state index in [4.69, 9.17) is 9.59 Å². The number of benzene rings is 1.